The number of hydrogen-bond acceptors (Lipinski definition) is 5. The van der Waals surface area contributed by atoms with Crippen molar-refractivity contribution in [1.29, 1.82) is 0 Å². The number of aromatic amines is 1. The van der Waals surface area contributed by atoms with E-state index in [2.05, 4.69) is 57.2 Å². The molecule has 0 bridgehead atoms. The quantitative estimate of drug-likeness (QED) is 0.786. The molecular formula is C20H25N5O. The van der Waals surface area contributed by atoms with Crippen LogP contribution in [-0.2, 0) is 6.54 Å². The summed E-state index contributed by atoms with van der Waals surface area (Å²) in [7, 11) is 2.21. The molecule has 5 rings (SSSR count). The molecule has 6 heteroatoms. The summed E-state index contributed by atoms with van der Waals surface area (Å²) >= 11 is 0. The SMILES string of the molecule is Cc1nc(C2CN(C)CC23CN(Cc2c(C)oc4ccccc24)C3)n[nH]1. The number of H-pyrrole nitrogens is 1. The van der Waals surface area contributed by atoms with E-state index in [1.54, 1.807) is 0 Å². The van der Waals surface area contributed by atoms with E-state index in [9.17, 15) is 0 Å². The van der Waals surface area contributed by atoms with Crippen molar-refractivity contribution in [2.75, 3.05) is 33.2 Å². The minimum absolute atomic E-state index is 0.275. The van der Waals surface area contributed by atoms with E-state index in [0.29, 0.717) is 5.92 Å². The van der Waals surface area contributed by atoms with Crippen molar-refractivity contribution < 1.29 is 4.42 Å². The number of rotatable bonds is 3. The Kier molecular flexibility index (Phi) is 3.49. The predicted molar refractivity (Wildman–Crippen MR) is 100 cm³/mol. The molecule has 2 aliphatic rings. The third kappa shape index (κ3) is 2.40. The number of benzene rings is 1. The Morgan fingerprint density at radius 3 is 2.81 bits per heavy atom. The Bertz CT molecular complexity index is 952. The van der Waals surface area contributed by atoms with E-state index < -0.39 is 0 Å². The van der Waals surface area contributed by atoms with Crippen LogP contribution in [0.2, 0.25) is 0 Å². The second kappa shape index (κ2) is 5.66. The summed E-state index contributed by atoms with van der Waals surface area (Å²) in [6.07, 6.45) is 0. The fraction of sp³-hybridized carbons (Fsp3) is 0.500. The topological polar surface area (TPSA) is 61.2 Å². The van der Waals surface area contributed by atoms with Gasteiger partial charge in [-0.3, -0.25) is 10.00 Å². The van der Waals surface area contributed by atoms with Crippen LogP contribution in [0, 0.1) is 19.3 Å². The largest absolute Gasteiger partial charge is 0.461 e. The Hall–Kier alpha value is -2.18. The molecular weight excluding hydrogens is 326 g/mol. The summed E-state index contributed by atoms with van der Waals surface area (Å²) in [5.74, 6) is 3.34. The van der Waals surface area contributed by atoms with E-state index in [1.807, 2.05) is 13.0 Å². The van der Waals surface area contributed by atoms with E-state index in [-0.39, 0.29) is 5.41 Å². The summed E-state index contributed by atoms with van der Waals surface area (Å²) in [5.41, 5.74) is 2.59. The van der Waals surface area contributed by atoms with Crippen LogP contribution in [-0.4, -0.2) is 58.2 Å². The first kappa shape index (κ1) is 16.0. The van der Waals surface area contributed by atoms with Crippen molar-refractivity contribution in [1.82, 2.24) is 25.0 Å². The molecule has 1 N–H and O–H groups in total. The number of furan rings is 1. The molecule has 0 radical (unpaired) electrons. The smallest absolute Gasteiger partial charge is 0.155 e. The van der Waals surface area contributed by atoms with Crippen LogP contribution in [0.3, 0.4) is 0 Å². The molecule has 136 valence electrons. The number of nitrogens with one attached hydrogen (secondary N) is 1. The number of likely N-dealkylation sites (N-methyl/N-ethyl adjacent to an activating group) is 1. The van der Waals surface area contributed by atoms with Crippen molar-refractivity contribution in [3.8, 4) is 0 Å². The molecule has 2 aromatic heterocycles. The van der Waals surface area contributed by atoms with Crippen LogP contribution in [0.15, 0.2) is 28.7 Å². The zero-order valence-electron chi connectivity index (χ0n) is 15.6. The van der Waals surface area contributed by atoms with Gasteiger partial charge in [0, 0.05) is 55.0 Å². The fourth-order valence-corrected chi connectivity index (χ4v) is 5.01. The van der Waals surface area contributed by atoms with Crippen LogP contribution in [0.5, 0.6) is 0 Å². The van der Waals surface area contributed by atoms with Gasteiger partial charge >= 0.3 is 0 Å². The fourth-order valence-electron chi connectivity index (χ4n) is 5.01. The summed E-state index contributed by atoms with van der Waals surface area (Å²) in [4.78, 5) is 9.59. The zero-order chi connectivity index (χ0) is 17.9. The number of likely N-dealkylation sites (tertiary alicyclic amines) is 2. The Morgan fingerprint density at radius 2 is 2.04 bits per heavy atom. The molecule has 26 heavy (non-hydrogen) atoms. The molecule has 1 atom stereocenters. The van der Waals surface area contributed by atoms with Gasteiger partial charge in [-0.1, -0.05) is 18.2 Å². The lowest BCUT2D eigenvalue weighted by molar-refractivity contribution is -0.00944. The van der Waals surface area contributed by atoms with Crippen LogP contribution < -0.4 is 0 Å². The minimum atomic E-state index is 0.275. The minimum Gasteiger partial charge on any atom is -0.461 e. The number of aromatic nitrogens is 3. The van der Waals surface area contributed by atoms with Crippen molar-refractivity contribution in [2.24, 2.45) is 5.41 Å². The molecule has 3 aromatic rings. The average Bonchev–Trinajstić information content (AvgIpc) is 3.23. The zero-order valence-corrected chi connectivity index (χ0v) is 15.6. The molecule has 1 aromatic carbocycles. The van der Waals surface area contributed by atoms with Gasteiger partial charge in [0.05, 0.1) is 0 Å². The van der Waals surface area contributed by atoms with E-state index in [0.717, 1.165) is 55.7 Å². The number of nitrogens with zero attached hydrogens (tertiary/aromatic N) is 4. The van der Waals surface area contributed by atoms with E-state index >= 15 is 0 Å². The second-order valence-corrected chi connectivity index (χ2v) is 8.17. The third-order valence-corrected chi connectivity index (χ3v) is 6.10. The van der Waals surface area contributed by atoms with Crippen molar-refractivity contribution in [3.05, 3.63) is 47.2 Å². The maximum atomic E-state index is 5.94. The molecule has 0 saturated carbocycles. The van der Waals surface area contributed by atoms with E-state index in [4.69, 9.17) is 4.42 Å². The maximum Gasteiger partial charge on any atom is 0.155 e. The van der Waals surface area contributed by atoms with Gasteiger partial charge in [-0.25, -0.2) is 4.98 Å². The van der Waals surface area contributed by atoms with Gasteiger partial charge in [-0.2, -0.15) is 5.10 Å². The van der Waals surface area contributed by atoms with Crippen LogP contribution in [0.4, 0.5) is 0 Å². The molecule has 4 heterocycles. The number of para-hydroxylation sites is 1. The monoisotopic (exact) mass is 351 g/mol. The van der Waals surface area contributed by atoms with Gasteiger partial charge in [-0.15, -0.1) is 0 Å². The standard InChI is InChI=1S/C20H25N5O/c1-13-16(15-6-4-5-7-18(15)26-13)8-25-11-20(12-25)10-24(3)9-17(20)19-21-14(2)22-23-19/h4-7,17H,8-12H2,1-3H3,(H,21,22,23). The van der Waals surface area contributed by atoms with Gasteiger partial charge in [0.1, 0.15) is 17.2 Å². The maximum absolute atomic E-state index is 5.94. The highest BCUT2D eigenvalue weighted by Crippen LogP contribution is 2.48. The van der Waals surface area contributed by atoms with Gasteiger partial charge in [-0.05, 0) is 27.0 Å². The summed E-state index contributed by atoms with van der Waals surface area (Å²) < 4.78 is 5.94. The molecule has 1 unspecified atom stereocenters. The highest BCUT2D eigenvalue weighted by molar-refractivity contribution is 5.82. The van der Waals surface area contributed by atoms with Gasteiger partial charge in [0.25, 0.3) is 0 Å². The summed E-state index contributed by atoms with van der Waals surface area (Å²) in [6, 6.07) is 8.34. The molecule has 1 spiro atoms. The first-order valence-corrected chi connectivity index (χ1v) is 9.31. The lowest BCUT2D eigenvalue weighted by atomic mass is 9.71. The predicted octanol–water partition coefficient (Wildman–Crippen LogP) is 2.70. The molecule has 2 saturated heterocycles. The average molecular weight is 351 g/mol. The van der Waals surface area contributed by atoms with Crippen molar-refractivity contribution >= 4 is 11.0 Å². The highest BCUT2D eigenvalue weighted by atomic mass is 16.3. The van der Waals surface area contributed by atoms with E-state index in [1.165, 1.54) is 10.9 Å². The summed E-state index contributed by atoms with van der Waals surface area (Å²) in [5, 5.41) is 8.73. The molecule has 2 fully saturated rings. The second-order valence-electron chi connectivity index (χ2n) is 8.17. The lowest BCUT2D eigenvalue weighted by Gasteiger charge is -2.50. The molecule has 2 aliphatic heterocycles. The summed E-state index contributed by atoms with van der Waals surface area (Å²) in [6.45, 7) is 9.35. The number of fused-ring (bicyclic) bond motifs is 1. The van der Waals surface area contributed by atoms with Gasteiger partial charge in [0.15, 0.2) is 5.82 Å². The Morgan fingerprint density at radius 1 is 1.23 bits per heavy atom. The molecule has 6 nitrogen and oxygen atoms in total. The number of hydrogen-bond donors (Lipinski definition) is 1. The normalized spacial score (nSPS) is 23.1. The number of aryl methyl sites for hydroxylation is 2. The first-order valence-electron chi connectivity index (χ1n) is 9.31. The first-order chi connectivity index (χ1) is 12.5. The van der Waals surface area contributed by atoms with Crippen molar-refractivity contribution in [2.45, 2.75) is 26.3 Å². The van der Waals surface area contributed by atoms with Crippen LogP contribution in [0.1, 0.15) is 28.9 Å². The third-order valence-electron chi connectivity index (χ3n) is 6.10. The lowest BCUT2D eigenvalue weighted by Crippen LogP contribution is -2.59. The Balaban J connectivity index is 1.36. The van der Waals surface area contributed by atoms with Crippen molar-refractivity contribution in [3.63, 3.8) is 0 Å². The highest BCUT2D eigenvalue weighted by Gasteiger charge is 2.55. The van der Waals surface area contributed by atoms with Gasteiger partial charge < -0.3 is 9.32 Å². The molecule has 0 amide bonds. The van der Waals surface area contributed by atoms with Crippen LogP contribution in [0.25, 0.3) is 11.0 Å². The Labute approximate surface area is 153 Å². The van der Waals surface area contributed by atoms with Crippen LogP contribution >= 0.6 is 0 Å². The molecule has 0 aliphatic carbocycles. The van der Waals surface area contributed by atoms with Gasteiger partial charge in [0.2, 0.25) is 0 Å².